The molecule has 1 rings (SSSR count). The molecule has 2 amide bonds. The summed E-state index contributed by atoms with van der Waals surface area (Å²) in [7, 11) is 0. The number of carbonyl (C=O) groups is 2. The lowest BCUT2D eigenvalue weighted by Crippen LogP contribution is -2.62. The molecule has 1 aliphatic rings. The number of nitrogens with zero attached hydrogens (tertiary/aromatic N) is 1. The second-order valence-electron chi connectivity index (χ2n) is 6.46. The Bertz CT molecular complexity index is 419. The molecule has 7 heteroatoms. The Morgan fingerprint density at radius 3 is 2.68 bits per heavy atom. The van der Waals surface area contributed by atoms with Crippen molar-refractivity contribution < 1.29 is 24.2 Å². The zero-order valence-electron chi connectivity index (χ0n) is 13.6. The van der Waals surface area contributed by atoms with Crippen molar-refractivity contribution in [3.05, 3.63) is 12.7 Å². The molecule has 1 saturated heterocycles. The highest BCUT2D eigenvalue weighted by Crippen LogP contribution is 2.23. The quantitative estimate of drug-likeness (QED) is 0.771. The summed E-state index contributed by atoms with van der Waals surface area (Å²) in [6.07, 6.45) is 1.58. The maximum atomic E-state index is 12.1. The van der Waals surface area contributed by atoms with Crippen LogP contribution in [0.4, 0.5) is 9.59 Å². The number of rotatable bonds is 4. The summed E-state index contributed by atoms with van der Waals surface area (Å²) in [5.41, 5.74) is -1.50. The van der Waals surface area contributed by atoms with Gasteiger partial charge in [0.2, 0.25) is 0 Å². The summed E-state index contributed by atoms with van der Waals surface area (Å²) >= 11 is 0. The number of piperidine rings is 1. The van der Waals surface area contributed by atoms with Crippen LogP contribution in [-0.4, -0.2) is 59.6 Å². The average molecular weight is 314 g/mol. The fraction of sp³-hybridized carbons (Fsp3) is 0.733. The third-order valence-corrected chi connectivity index (χ3v) is 3.23. The average Bonchev–Trinajstić information content (AvgIpc) is 2.43. The lowest BCUT2D eigenvalue weighted by Gasteiger charge is -2.41. The van der Waals surface area contributed by atoms with Crippen molar-refractivity contribution in [2.24, 2.45) is 0 Å². The number of ether oxygens (including phenoxy) is 2. The molecular weight excluding hydrogens is 288 g/mol. The van der Waals surface area contributed by atoms with Gasteiger partial charge in [-0.3, -0.25) is 0 Å². The molecule has 0 radical (unpaired) electrons. The van der Waals surface area contributed by atoms with E-state index in [4.69, 9.17) is 9.47 Å². The fourth-order valence-corrected chi connectivity index (χ4v) is 2.27. The summed E-state index contributed by atoms with van der Waals surface area (Å²) in [5, 5.41) is 12.3. The third kappa shape index (κ3) is 5.55. The van der Waals surface area contributed by atoms with Gasteiger partial charge in [0.1, 0.15) is 12.2 Å². The zero-order valence-corrected chi connectivity index (χ0v) is 13.6. The van der Waals surface area contributed by atoms with Gasteiger partial charge in [0.25, 0.3) is 0 Å². The van der Waals surface area contributed by atoms with Crippen LogP contribution in [0.25, 0.3) is 0 Å². The molecule has 0 aromatic rings. The Labute approximate surface area is 131 Å². The van der Waals surface area contributed by atoms with E-state index in [9.17, 15) is 14.7 Å². The van der Waals surface area contributed by atoms with Crippen LogP contribution in [0.1, 0.15) is 33.6 Å². The Balaban J connectivity index is 2.70. The van der Waals surface area contributed by atoms with E-state index in [0.717, 1.165) is 0 Å². The molecule has 22 heavy (non-hydrogen) atoms. The maximum absolute atomic E-state index is 12.1. The summed E-state index contributed by atoms with van der Waals surface area (Å²) in [5.74, 6) is 0. The van der Waals surface area contributed by atoms with E-state index in [-0.39, 0.29) is 19.8 Å². The van der Waals surface area contributed by atoms with Crippen molar-refractivity contribution in [2.75, 3.05) is 26.3 Å². The summed E-state index contributed by atoms with van der Waals surface area (Å²) in [6, 6.07) is 0. The van der Waals surface area contributed by atoms with Crippen LogP contribution in [0.2, 0.25) is 0 Å². The van der Waals surface area contributed by atoms with Crippen molar-refractivity contribution in [3.63, 3.8) is 0 Å². The van der Waals surface area contributed by atoms with Gasteiger partial charge in [-0.25, -0.2) is 9.59 Å². The topological polar surface area (TPSA) is 88.1 Å². The predicted molar refractivity (Wildman–Crippen MR) is 81.5 cm³/mol. The number of hydrogen-bond acceptors (Lipinski definition) is 5. The molecule has 2 N–H and O–H groups in total. The first-order valence-corrected chi connectivity index (χ1v) is 7.36. The third-order valence-electron chi connectivity index (χ3n) is 3.23. The fourth-order valence-electron chi connectivity index (χ4n) is 2.27. The summed E-state index contributed by atoms with van der Waals surface area (Å²) < 4.78 is 10.2. The molecule has 1 heterocycles. The monoisotopic (exact) mass is 314 g/mol. The summed E-state index contributed by atoms with van der Waals surface area (Å²) in [4.78, 5) is 25.4. The number of alkyl carbamates (subject to hydrolysis) is 1. The zero-order chi connectivity index (χ0) is 16.8. The van der Waals surface area contributed by atoms with Crippen LogP contribution in [0.3, 0.4) is 0 Å². The molecule has 0 aliphatic carbocycles. The number of likely N-dealkylation sites (tertiary alicyclic amines) is 1. The number of aliphatic hydroxyl groups excluding tert-OH is 1. The normalized spacial score (nSPS) is 21.9. The first-order chi connectivity index (χ1) is 10.2. The van der Waals surface area contributed by atoms with E-state index in [2.05, 4.69) is 11.9 Å². The molecule has 7 nitrogen and oxygen atoms in total. The SMILES string of the molecule is C=CCOC(=O)NC1(CO)CCCN(C(=O)OC(C)(C)C)C1. The Morgan fingerprint density at radius 1 is 1.45 bits per heavy atom. The highest BCUT2D eigenvalue weighted by atomic mass is 16.6. The standard InChI is InChI=1S/C15H26N2O5/c1-5-9-21-12(19)16-15(11-18)7-6-8-17(10-15)13(20)22-14(2,3)4/h5,18H,1,6-11H2,2-4H3,(H,16,19). The number of nitrogens with one attached hydrogen (secondary N) is 1. The van der Waals surface area contributed by atoms with Gasteiger partial charge in [-0.2, -0.15) is 0 Å². The van der Waals surface area contributed by atoms with Gasteiger partial charge in [-0.15, -0.1) is 0 Å². The Morgan fingerprint density at radius 2 is 2.14 bits per heavy atom. The largest absolute Gasteiger partial charge is 0.445 e. The number of hydrogen-bond donors (Lipinski definition) is 2. The molecule has 0 aromatic carbocycles. The summed E-state index contributed by atoms with van der Waals surface area (Å²) in [6.45, 7) is 9.35. The second kappa shape index (κ2) is 7.49. The minimum atomic E-state index is -0.909. The lowest BCUT2D eigenvalue weighted by molar-refractivity contribution is 0.00332. The Kier molecular flexibility index (Phi) is 6.22. The van der Waals surface area contributed by atoms with Crippen LogP contribution in [-0.2, 0) is 9.47 Å². The molecule has 1 fully saturated rings. The van der Waals surface area contributed by atoms with E-state index >= 15 is 0 Å². The molecule has 0 aromatic heterocycles. The first-order valence-electron chi connectivity index (χ1n) is 7.36. The molecule has 0 spiro atoms. The van der Waals surface area contributed by atoms with E-state index in [1.165, 1.54) is 11.0 Å². The van der Waals surface area contributed by atoms with Crippen molar-refractivity contribution in [1.82, 2.24) is 10.2 Å². The number of carbonyl (C=O) groups excluding carboxylic acids is 2. The molecule has 126 valence electrons. The molecule has 0 bridgehead atoms. The molecule has 1 aliphatic heterocycles. The van der Waals surface area contributed by atoms with Gasteiger partial charge in [0.05, 0.1) is 12.1 Å². The number of amides is 2. The van der Waals surface area contributed by atoms with Crippen LogP contribution < -0.4 is 5.32 Å². The number of aliphatic hydroxyl groups is 1. The van der Waals surface area contributed by atoms with Gasteiger partial charge in [-0.05, 0) is 33.6 Å². The highest BCUT2D eigenvalue weighted by Gasteiger charge is 2.39. The van der Waals surface area contributed by atoms with Gasteiger partial charge < -0.3 is 24.8 Å². The minimum Gasteiger partial charge on any atom is -0.445 e. The van der Waals surface area contributed by atoms with Crippen molar-refractivity contribution in [3.8, 4) is 0 Å². The highest BCUT2D eigenvalue weighted by molar-refractivity contribution is 5.70. The van der Waals surface area contributed by atoms with Crippen molar-refractivity contribution >= 4 is 12.2 Å². The van der Waals surface area contributed by atoms with Gasteiger partial charge in [0, 0.05) is 13.1 Å². The van der Waals surface area contributed by atoms with E-state index in [1.54, 1.807) is 20.8 Å². The van der Waals surface area contributed by atoms with Crippen molar-refractivity contribution in [2.45, 2.75) is 44.8 Å². The van der Waals surface area contributed by atoms with Crippen molar-refractivity contribution in [1.29, 1.82) is 0 Å². The van der Waals surface area contributed by atoms with Crippen LogP contribution in [0.15, 0.2) is 12.7 Å². The smallest absolute Gasteiger partial charge is 0.410 e. The second-order valence-corrected chi connectivity index (χ2v) is 6.46. The Hall–Kier alpha value is -1.76. The van der Waals surface area contributed by atoms with E-state index < -0.39 is 23.3 Å². The van der Waals surface area contributed by atoms with Gasteiger partial charge in [0.15, 0.2) is 0 Å². The van der Waals surface area contributed by atoms with Gasteiger partial charge >= 0.3 is 12.2 Å². The van der Waals surface area contributed by atoms with Crippen LogP contribution in [0.5, 0.6) is 0 Å². The van der Waals surface area contributed by atoms with Gasteiger partial charge in [-0.1, -0.05) is 12.7 Å². The lowest BCUT2D eigenvalue weighted by atomic mass is 9.90. The molecule has 1 atom stereocenters. The van der Waals surface area contributed by atoms with Crippen LogP contribution in [0, 0.1) is 0 Å². The molecular formula is C15H26N2O5. The first kappa shape index (κ1) is 18.3. The maximum Gasteiger partial charge on any atom is 0.410 e. The predicted octanol–water partition coefficient (Wildman–Crippen LogP) is 1.66. The van der Waals surface area contributed by atoms with E-state index in [1.807, 2.05) is 0 Å². The van der Waals surface area contributed by atoms with Crippen LogP contribution >= 0.6 is 0 Å². The minimum absolute atomic E-state index is 0.0864. The molecule has 1 unspecified atom stereocenters. The van der Waals surface area contributed by atoms with E-state index in [0.29, 0.717) is 19.4 Å². The molecule has 0 saturated carbocycles.